The zero-order valence-corrected chi connectivity index (χ0v) is 7.80. The van der Waals surface area contributed by atoms with Crippen LogP contribution in [0.3, 0.4) is 0 Å². The Morgan fingerprint density at radius 1 is 1.53 bits per heavy atom. The van der Waals surface area contributed by atoms with Crippen LogP contribution in [0, 0.1) is 0 Å². The maximum atomic E-state index is 12.5. The first kappa shape index (κ1) is 11.5. The average molecular weight is 219 g/mol. The van der Waals surface area contributed by atoms with E-state index in [-0.39, 0.29) is 12.0 Å². The largest absolute Gasteiger partial charge is 0.477 e. The van der Waals surface area contributed by atoms with Crippen LogP contribution in [0.4, 0.5) is 13.2 Å². The smallest absolute Gasteiger partial charge is 0.416 e. The molecule has 0 fully saturated rings. The van der Waals surface area contributed by atoms with Crippen molar-refractivity contribution in [2.24, 2.45) is 0 Å². The minimum absolute atomic E-state index is 0.00694. The Bertz CT molecular complexity index is 387. The van der Waals surface area contributed by atoms with Crippen molar-refractivity contribution in [1.29, 1.82) is 0 Å². The van der Waals surface area contributed by atoms with Gasteiger partial charge in [0.05, 0.1) is 5.56 Å². The number of alkyl halides is 3. The lowest BCUT2D eigenvalue weighted by atomic mass is 10.1. The minimum atomic E-state index is -4.54. The summed E-state index contributed by atoms with van der Waals surface area (Å²) in [5.41, 5.74) is -1.54. The maximum Gasteiger partial charge on any atom is 0.416 e. The fraction of sp³-hybridized carbons (Fsp3) is 0.333. The van der Waals surface area contributed by atoms with Gasteiger partial charge < -0.3 is 5.11 Å². The van der Waals surface area contributed by atoms with E-state index in [1.165, 1.54) is 0 Å². The Hall–Kier alpha value is -1.59. The van der Waals surface area contributed by atoms with Gasteiger partial charge in [-0.15, -0.1) is 0 Å². The number of carboxylic acids is 1. The van der Waals surface area contributed by atoms with Gasteiger partial charge in [0.15, 0.2) is 0 Å². The summed E-state index contributed by atoms with van der Waals surface area (Å²) in [4.78, 5) is 13.9. The molecule has 82 valence electrons. The SMILES string of the molecule is CCc1cnc(C(=O)O)cc1C(F)(F)F. The molecule has 1 rings (SSSR count). The van der Waals surface area contributed by atoms with Gasteiger partial charge in [-0.3, -0.25) is 0 Å². The molecule has 1 aromatic heterocycles. The number of hydrogen-bond donors (Lipinski definition) is 1. The summed E-state index contributed by atoms with van der Waals surface area (Å²) in [6.45, 7) is 1.55. The molecule has 0 aliphatic rings. The lowest BCUT2D eigenvalue weighted by Gasteiger charge is -2.11. The highest BCUT2D eigenvalue weighted by molar-refractivity contribution is 5.85. The molecule has 0 radical (unpaired) electrons. The molecular weight excluding hydrogens is 211 g/mol. The van der Waals surface area contributed by atoms with Crippen LogP contribution in [0.5, 0.6) is 0 Å². The van der Waals surface area contributed by atoms with Crippen molar-refractivity contribution >= 4 is 5.97 Å². The van der Waals surface area contributed by atoms with E-state index in [4.69, 9.17) is 5.11 Å². The van der Waals surface area contributed by atoms with Gasteiger partial charge in [0.1, 0.15) is 5.69 Å². The van der Waals surface area contributed by atoms with E-state index in [1.54, 1.807) is 6.92 Å². The monoisotopic (exact) mass is 219 g/mol. The molecule has 1 N–H and O–H groups in total. The van der Waals surface area contributed by atoms with Crippen molar-refractivity contribution < 1.29 is 23.1 Å². The van der Waals surface area contributed by atoms with Crippen LogP contribution in [0.25, 0.3) is 0 Å². The highest BCUT2D eigenvalue weighted by Gasteiger charge is 2.33. The number of rotatable bonds is 2. The molecule has 0 aliphatic carbocycles. The Labute approximate surface area is 83.6 Å². The molecular formula is C9H8F3NO2. The molecule has 0 saturated heterocycles. The van der Waals surface area contributed by atoms with Crippen molar-refractivity contribution in [3.05, 3.63) is 29.1 Å². The van der Waals surface area contributed by atoms with Gasteiger partial charge in [0.25, 0.3) is 0 Å². The number of halogens is 3. The summed E-state index contributed by atoms with van der Waals surface area (Å²) in [6, 6.07) is 0.557. The van der Waals surface area contributed by atoms with Gasteiger partial charge in [0, 0.05) is 6.20 Å². The van der Waals surface area contributed by atoms with Crippen molar-refractivity contribution in [2.75, 3.05) is 0 Å². The Morgan fingerprint density at radius 3 is 2.53 bits per heavy atom. The lowest BCUT2D eigenvalue weighted by molar-refractivity contribution is -0.138. The molecule has 0 atom stereocenters. The number of hydrogen-bond acceptors (Lipinski definition) is 2. The van der Waals surface area contributed by atoms with Crippen LogP contribution < -0.4 is 0 Å². The predicted molar refractivity (Wildman–Crippen MR) is 45.6 cm³/mol. The normalized spacial score (nSPS) is 11.5. The Morgan fingerprint density at radius 2 is 2.13 bits per heavy atom. The molecule has 0 bridgehead atoms. The topological polar surface area (TPSA) is 50.2 Å². The fourth-order valence-electron chi connectivity index (χ4n) is 1.15. The second kappa shape index (κ2) is 3.88. The first-order valence-corrected chi connectivity index (χ1v) is 4.15. The van der Waals surface area contributed by atoms with Crippen molar-refractivity contribution in [3.63, 3.8) is 0 Å². The van der Waals surface area contributed by atoms with Crippen molar-refractivity contribution in [3.8, 4) is 0 Å². The Kier molecular flexibility index (Phi) is 2.97. The first-order valence-electron chi connectivity index (χ1n) is 4.15. The van der Waals surface area contributed by atoms with Crippen LogP contribution in [0.1, 0.15) is 28.5 Å². The summed E-state index contributed by atoms with van der Waals surface area (Å²) in [5, 5.41) is 8.51. The predicted octanol–water partition coefficient (Wildman–Crippen LogP) is 2.36. The van der Waals surface area contributed by atoms with E-state index in [0.29, 0.717) is 6.07 Å². The highest BCUT2D eigenvalue weighted by Crippen LogP contribution is 2.32. The van der Waals surface area contributed by atoms with Crippen LogP contribution in [0.2, 0.25) is 0 Å². The summed E-state index contributed by atoms with van der Waals surface area (Å²) in [6.07, 6.45) is -3.44. The quantitative estimate of drug-likeness (QED) is 0.830. The van der Waals surface area contributed by atoms with Gasteiger partial charge in [-0.2, -0.15) is 13.2 Å². The minimum Gasteiger partial charge on any atom is -0.477 e. The Balaban J connectivity index is 3.32. The molecule has 1 aromatic rings. The van der Waals surface area contributed by atoms with Crippen LogP contribution in [0.15, 0.2) is 12.3 Å². The summed E-state index contributed by atoms with van der Waals surface area (Å²) < 4.78 is 37.4. The van der Waals surface area contributed by atoms with Crippen molar-refractivity contribution in [1.82, 2.24) is 4.98 Å². The maximum absolute atomic E-state index is 12.5. The van der Waals surface area contributed by atoms with Gasteiger partial charge in [0.2, 0.25) is 0 Å². The van der Waals surface area contributed by atoms with E-state index in [1.807, 2.05) is 0 Å². The van der Waals surface area contributed by atoms with E-state index in [0.717, 1.165) is 6.20 Å². The third-order valence-electron chi connectivity index (χ3n) is 1.89. The molecule has 6 heteroatoms. The van der Waals surface area contributed by atoms with Crippen molar-refractivity contribution in [2.45, 2.75) is 19.5 Å². The lowest BCUT2D eigenvalue weighted by Crippen LogP contribution is -2.12. The molecule has 15 heavy (non-hydrogen) atoms. The van der Waals surface area contributed by atoms with Crippen LogP contribution in [-0.2, 0) is 12.6 Å². The molecule has 3 nitrogen and oxygen atoms in total. The van der Waals surface area contributed by atoms with Crippen LogP contribution in [-0.4, -0.2) is 16.1 Å². The van der Waals surface area contributed by atoms with E-state index >= 15 is 0 Å². The zero-order chi connectivity index (χ0) is 11.6. The third kappa shape index (κ3) is 2.45. The standard InChI is InChI=1S/C9H8F3NO2/c1-2-5-4-13-7(8(14)15)3-6(5)9(10,11)12/h3-4H,2H2,1H3,(H,14,15). The molecule has 0 unspecified atom stereocenters. The average Bonchev–Trinajstić information content (AvgIpc) is 2.15. The molecule has 0 saturated carbocycles. The second-order valence-corrected chi connectivity index (χ2v) is 2.88. The van der Waals surface area contributed by atoms with E-state index < -0.39 is 23.4 Å². The second-order valence-electron chi connectivity index (χ2n) is 2.88. The zero-order valence-electron chi connectivity index (χ0n) is 7.80. The van der Waals surface area contributed by atoms with Gasteiger partial charge in [-0.05, 0) is 18.1 Å². The van der Waals surface area contributed by atoms with E-state index in [2.05, 4.69) is 4.98 Å². The molecule has 0 aromatic carbocycles. The van der Waals surface area contributed by atoms with Gasteiger partial charge >= 0.3 is 12.1 Å². The molecule has 0 amide bonds. The number of pyridine rings is 1. The highest BCUT2D eigenvalue weighted by atomic mass is 19.4. The number of carbonyl (C=O) groups is 1. The summed E-state index contributed by atoms with van der Waals surface area (Å²) in [5.74, 6) is -1.47. The number of nitrogens with zero attached hydrogens (tertiary/aromatic N) is 1. The van der Waals surface area contributed by atoms with Crippen LogP contribution >= 0.6 is 0 Å². The molecule has 1 heterocycles. The number of aryl methyl sites for hydroxylation is 1. The summed E-state index contributed by atoms with van der Waals surface area (Å²) in [7, 11) is 0. The van der Waals surface area contributed by atoms with Gasteiger partial charge in [-0.1, -0.05) is 6.92 Å². The van der Waals surface area contributed by atoms with Gasteiger partial charge in [-0.25, -0.2) is 9.78 Å². The number of aromatic nitrogens is 1. The van der Waals surface area contributed by atoms with E-state index in [9.17, 15) is 18.0 Å². The fourth-order valence-corrected chi connectivity index (χ4v) is 1.15. The number of aromatic carboxylic acids is 1. The third-order valence-corrected chi connectivity index (χ3v) is 1.89. The number of carboxylic acid groups (broad SMARTS) is 1. The first-order chi connectivity index (χ1) is 6.86. The summed E-state index contributed by atoms with van der Waals surface area (Å²) >= 11 is 0. The molecule has 0 aliphatic heterocycles. The molecule has 0 spiro atoms.